The predicted octanol–water partition coefficient (Wildman–Crippen LogP) is -19.3. The van der Waals surface area contributed by atoms with E-state index in [0.29, 0.717) is 0 Å². The number of ether oxygens (including phenoxy) is 17. The Morgan fingerprint density at radius 3 is 1.15 bits per heavy atom. The van der Waals surface area contributed by atoms with Crippen LogP contribution in [0.1, 0.15) is 27.7 Å². The van der Waals surface area contributed by atoms with Crippen LogP contribution in [0.2, 0.25) is 0 Å². The molecule has 112 heavy (non-hydrogen) atoms. The summed E-state index contributed by atoms with van der Waals surface area (Å²) in [6, 6.07) is -5.81. The maximum Gasteiger partial charge on any atom is 0.397 e. The van der Waals surface area contributed by atoms with Crippen molar-refractivity contribution in [3.8, 4) is 0 Å². The molecule has 9 fully saturated rings. The molecule has 9 rings (SSSR count). The van der Waals surface area contributed by atoms with Gasteiger partial charge in [0.05, 0.1) is 59.0 Å². The van der Waals surface area contributed by atoms with Crippen molar-refractivity contribution >= 4 is 28.1 Å². The third-order valence-corrected chi connectivity index (χ3v) is 20.6. The summed E-state index contributed by atoms with van der Waals surface area (Å²) >= 11 is 0. The van der Waals surface area contributed by atoms with E-state index in [1.807, 2.05) is 0 Å². The molecule has 52 heteroatoms. The molecule has 0 spiro atoms. The van der Waals surface area contributed by atoms with Crippen LogP contribution < -0.4 is 16.0 Å². The molecule has 0 aliphatic carbocycles. The second kappa shape index (κ2) is 39.7. The van der Waals surface area contributed by atoms with E-state index in [-0.39, 0.29) is 0 Å². The largest absolute Gasteiger partial charge is 0.397 e. The average molecular weight is 1660 g/mol. The molecule has 0 aromatic heterocycles. The molecular weight excluding hydrogens is 1560 g/mol. The number of rotatable bonds is 29. The van der Waals surface area contributed by atoms with Crippen LogP contribution >= 0.6 is 0 Å². The van der Waals surface area contributed by atoms with E-state index < -0.39 is 357 Å². The summed E-state index contributed by atoms with van der Waals surface area (Å²) in [6.45, 7) is -5.42. The number of hydrogen-bond acceptors (Lipinski definition) is 47. The molecule has 3 amide bonds. The van der Waals surface area contributed by atoms with Gasteiger partial charge in [0, 0.05) is 20.8 Å². The number of aliphatic hydroxyl groups is 24. The van der Waals surface area contributed by atoms with E-state index in [4.69, 9.17) is 80.5 Å². The highest BCUT2D eigenvalue weighted by Gasteiger charge is 2.61. The first kappa shape index (κ1) is 92.5. The van der Waals surface area contributed by atoms with Crippen LogP contribution in [0.4, 0.5) is 0 Å². The van der Waals surface area contributed by atoms with E-state index in [9.17, 15) is 150 Å². The first-order valence-corrected chi connectivity index (χ1v) is 36.5. The Morgan fingerprint density at radius 1 is 0.295 bits per heavy atom. The fourth-order valence-corrected chi connectivity index (χ4v) is 14.4. The molecule has 0 radical (unpaired) electrons. The van der Waals surface area contributed by atoms with Crippen molar-refractivity contribution in [3.63, 3.8) is 0 Å². The Kier molecular flexibility index (Phi) is 32.8. The molecule has 650 valence electrons. The van der Waals surface area contributed by atoms with Crippen LogP contribution in [0, 0.1) is 0 Å². The fourth-order valence-electron chi connectivity index (χ4n) is 14.1. The number of nitrogens with one attached hydrogen (secondary N) is 3. The first-order valence-electron chi connectivity index (χ1n) is 35.2. The van der Waals surface area contributed by atoms with Gasteiger partial charge in [0.1, 0.15) is 213 Å². The Labute approximate surface area is 633 Å². The van der Waals surface area contributed by atoms with Crippen molar-refractivity contribution in [2.24, 2.45) is 0 Å². The molecule has 9 aliphatic rings. The first-order chi connectivity index (χ1) is 52.7. The second-order valence-corrected chi connectivity index (χ2v) is 29.0. The SMILES string of the molecule is CC(=O)N[C@@H]1[C@@H](O)[C@H](O[C@@H]2O[C@H](CO)[C@@H](O[C@@H]3O[C@H](CO[C@H]4O[C@H](CO)[C@@H](O)[C@H](O[C@H]5O[C@H](CO)[C@@H](O)[C@H](O)[C@@H]5O)[C@@H]4O)[C@@H](O)[C@H](O[C@H]4O[C@H](CO)[C@@H](O)[C@H](O)[C@@H]4O[C@@H]4O[C@H](COS(=O)(=O)O)[C@@H](O[C@@H]5O[C@H](CO)[C@H](O)[C@H](O)[C@H]5O)[C@H](O[C@@H]5O[C@@H](C)[C@@H](O)[C@@H](O)[C@@H]5O)[C@H]4NC(C)=O)[C@@H]3O)[C@H](O)[C@H]2NC(C)=O)[C@@H](CO)O[C@H]1O. The van der Waals surface area contributed by atoms with Crippen LogP contribution in [0.3, 0.4) is 0 Å². The maximum atomic E-state index is 13.5. The molecule has 51 nitrogen and oxygen atoms in total. The van der Waals surface area contributed by atoms with E-state index >= 15 is 0 Å². The van der Waals surface area contributed by atoms with Gasteiger partial charge in [-0.3, -0.25) is 18.9 Å². The molecule has 9 saturated heterocycles. The number of amides is 3. The Balaban J connectivity index is 1.09. The molecule has 0 saturated carbocycles. The zero-order valence-corrected chi connectivity index (χ0v) is 60.4. The monoisotopic (exact) mass is 1660 g/mol. The molecule has 28 N–H and O–H groups in total. The van der Waals surface area contributed by atoms with Gasteiger partial charge in [0.2, 0.25) is 17.7 Å². The summed E-state index contributed by atoms with van der Waals surface area (Å²) in [7, 11) is -5.61. The quantitative estimate of drug-likeness (QED) is 0.0309. The third-order valence-electron chi connectivity index (χ3n) is 20.1. The zero-order chi connectivity index (χ0) is 82.7. The summed E-state index contributed by atoms with van der Waals surface area (Å²) in [5.41, 5.74) is 0. The van der Waals surface area contributed by atoms with E-state index in [1.165, 1.54) is 6.92 Å². The second-order valence-electron chi connectivity index (χ2n) is 27.9. The number of aliphatic hydroxyl groups excluding tert-OH is 24. The van der Waals surface area contributed by atoms with Crippen molar-refractivity contribution in [2.45, 2.75) is 304 Å². The van der Waals surface area contributed by atoms with Gasteiger partial charge < -0.3 is 219 Å². The minimum atomic E-state index is -5.61. The van der Waals surface area contributed by atoms with E-state index in [1.54, 1.807) is 0 Å². The predicted molar refractivity (Wildman–Crippen MR) is 341 cm³/mol. The van der Waals surface area contributed by atoms with Gasteiger partial charge in [0.25, 0.3) is 0 Å². The lowest BCUT2D eigenvalue weighted by Crippen LogP contribution is -2.71. The van der Waals surface area contributed by atoms with Crippen LogP contribution in [0.25, 0.3) is 0 Å². The van der Waals surface area contributed by atoms with Gasteiger partial charge in [0.15, 0.2) is 56.6 Å². The Morgan fingerprint density at radius 2 is 0.634 bits per heavy atom. The molecular formula is C60H101N3O48S. The fraction of sp³-hybridized carbons (Fsp3) is 0.950. The minimum absolute atomic E-state index is 0.799. The molecule has 0 unspecified atom stereocenters. The Hall–Kier alpha value is -3.36. The van der Waals surface area contributed by atoms with Gasteiger partial charge in [-0.1, -0.05) is 0 Å². The third kappa shape index (κ3) is 20.7. The Bertz CT molecular complexity index is 3100. The summed E-state index contributed by atoms with van der Waals surface area (Å²) < 4.78 is 140. The van der Waals surface area contributed by atoms with E-state index in [0.717, 1.165) is 20.8 Å². The van der Waals surface area contributed by atoms with E-state index in [2.05, 4.69) is 20.1 Å². The summed E-state index contributed by atoms with van der Waals surface area (Å²) in [5.74, 6) is -2.86. The van der Waals surface area contributed by atoms with Crippen LogP contribution in [0.5, 0.6) is 0 Å². The summed E-state index contributed by atoms with van der Waals surface area (Å²) in [5, 5.41) is 273. The molecule has 45 atom stereocenters. The lowest BCUT2D eigenvalue weighted by molar-refractivity contribution is -0.403. The number of hydrogen-bond donors (Lipinski definition) is 28. The molecule has 0 bridgehead atoms. The minimum Gasteiger partial charge on any atom is -0.394 e. The summed E-state index contributed by atoms with van der Waals surface area (Å²) in [6.07, 6.45) is -90.6. The standard InChI is InChI=1S/C60H101N3O48S/c1-13-28(73)36(81)40(85)56(96-13)108-48-27(63-16(4)72)54(104-24(12-95-112(91,92)93)47(48)107-57-41(86)37(82)29(74)17(5-64)99-57)111-51-39(84)31(76)19(7-66)101-60(51)110-50-33(78)23(11-94-55-43(88)49(32(77)20(8-67)98-55)109-58-42(87)38(83)30(75)18(6-65)100-58)103-59(44(50)89)106-46-22(10-69)102-53(26(35(46)80)62-15(3)71)105-45-21(9-68)97-52(90)25(34(45)79)61-14(2)70/h13,17-60,64-69,73-90H,5-12H2,1-4H3,(H,61,70)(H,62,71)(H,63,72)(H,91,92,93)/t13-,17+,18+,19+,20+,21+,22+,23+,24+,25+,26+,27+,28+,29-,30+,31+,32+,33+,34+,35+,36+,37-,38-,39-,40-,41+,42-,43-,44-,45+,46+,47+,48+,49-,50-,51-,52+,53-,54-,55-,56-,57-,58+,59-,60+/m0/s1. The topological polar surface area (TPSA) is 793 Å². The average Bonchev–Trinajstić information content (AvgIpc) is 0.745. The van der Waals surface area contributed by atoms with Gasteiger partial charge in [-0.25, -0.2) is 4.18 Å². The highest BCUT2D eigenvalue weighted by atomic mass is 32.3. The van der Waals surface area contributed by atoms with Crippen LogP contribution in [-0.2, 0) is 109 Å². The molecule has 0 aromatic carbocycles. The van der Waals surface area contributed by atoms with Crippen molar-refractivity contribution in [1.29, 1.82) is 0 Å². The maximum absolute atomic E-state index is 13.5. The normalized spacial score (nSPS) is 49.1. The van der Waals surface area contributed by atoms with Crippen molar-refractivity contribution in [2.75, 3.05) is 52.9 Å². The lowest BCUT2D eigenvalue weighted by atomic mass is 9.93. The smallest absolute Gasteiger partial charge is 0.394 e. The lowest BCUT2D eigenvalue weighted by Gasteiger charge is -2.52. The highest BCUT2D eigenvalue weighted by molar-refractivity contribution is 7.80. The number of carbonyl (C=O) groups excluding carboxylic acids is 3. The molecule has 0 aromatic rings. The van der Waals surface area contributed by atoms with Crippen molar-refractivity contribution in [1.82, 2.24) is 16.0 Å². The molecule has 9 heterocycles. The van der Waals surface area contributed by atoms with Gasteiger partial charge in [-0.05, 0) is 6.92 Å². The summed E-state index contributed by atoms with van der Waals surface area (Å²) in [4.78, 5) is 38.6. The zero-order valence-electron chi connectivity index (χ0n) is 59.6. The van der Waals surface area contributed by atoms with Crippen molar-refractivity contribution < 1.29 is 235 Å². The van der Waals surface area contributed by atoms with Gasteiger partial charge in [-0.2, -0.15) is 8.42 Å². The van der Waals surface area contributed by atoms with Gasteiger partial charge >= 0.3 is 10.4 Å². The van der Waals surface area contributed by atoms with Crippen LogP contribution in [-0.4, -0.2) is 482 Å². The highest BCUT2D eigenvalue weighted by Crippen LogP contribution is 2.41. The van der Waals surface area contributed by atoms with Crippen LogP contribution in [0.15, 0.2) is 0 Å². The van der Waals surface area contributed by atoms with Gasteiger partial charge in [-0.15, -0.1) is 0 Å². The molecule has 9 aliphatic heterocycles. The number of carbonyl (C=O) groups is 3. The van der Waals surface area contributed by atoms with Crippen molar-refractivity contribution in [3.05, 3.63) is 0 Å².